The molecule has 0 radical (unpaired) electrons. The summed E-state index contributed by atoms with van der Waals surface area (Å²) >= 11 is 0. The van der Waals surface area contributed by atoms with Crippen molar-refractivity contribution in [3.8, 4) is 0 Å². The number of carbonyl (C=O) groups excluding carboxylic acids is 3. The molecule has 25 heavy (non-hydrogen) atoms. The van der Waals surface area contributed by atoms with Gasteiger partial charge in [0.05, 0.1) is 13.2 Å². The Morgan fingerprint density at radius 3 is 2.60 bits per heavy atom. The number of ether oxygens (including phenoxy) is 3. The number of rotatable bonds is 6. The van der Waals surface area contributed by atoms with Gasteiger partial charge in [-0.1, -0.05) is 19.8 Å². The topological polar surface area (TPSA) is 103 Å². The Morgan fingerprint density at radius 1 is 1.24 bits per heavy atom. The number of amides is 2. The molecule has 1 aliphatic rings. The second-order valence-electron chi connectivity index (χ2n) is 7.07. The lowest BCUT2D eigenvalue weighted by Crippen LogP contribution is -2.47. The molecule has 8 nitrogen and oxygen atoms in total. The van der Waals surface area contributed by atoms with Crippen LogP contribution in [0.15, 0.2) is 0 Å². The average Bonchev–Trinajstić information content (AvgIpc) is 2.65. The van der Waals surface area contributed by atoms with Crippen molar-refractivity contribution in [2.24, 2.45) is 0 Å². The Morgan fingerprint density at radius 2 is 1.96 bits per heavy atom. The quantitative estimate of drug-likeness (QED) is 0.558. The first-order valence-electron chi connectivity index (χ1n) is 8.82. The lowest BCUT2D eigenvalue weighted by atomic mass is 10.1. The van der Waals surface area contributed by atoms with Crippen LogP contribution in [0.1, 0.15) is 59.8 Å². The molecule has 2 amide bonds. The highest BCUT2D eigenvalue weighted by Gasteiger charge is 2.29. The predicted octanol–water partition coefficient (Wildman–Crippen LogP) is 2.50. The smallest absolute Gasteiger partial charge is 0.444 e. The average molecular weight is 358 g/mol. The van der Waals surface area contributed by atoms with Gasteiger partial charge in [0.15, 0.2) is 0 Å². The Balaban J connectivity index is 2.39. The summed E-state index contributed by atoms with van der Waals surface area (Å²) in [5.74, 6) is -0.326. The van der Waals surface area contributed by atoms with E-state index in [1.54, 1.807) is 20.8 Å². The predicted molar refractivity (Wildman–Crippen MR) is 91.1 cm³/mol. The molecule has 1 aliphatic heterocycles. The number of hydrogen-bond donors (Lipinski definition) is 2. The van der Waals surface area contributed by atoms with Crippen LogP contribution < -0.4 is 10.6 Å². The van der Waals surface area contributed by atoms with Crippen molar-refractivity contribution in [1.29, 1.82) is 0 Å². The van der Waals surface area contributed by atoms with Gasteiger partial charge in [0.2, 0.25) is 5.91 Å². The van der Waals surface area contributed by atoms with Crippen LogP contribution in [0.25, 0.3) is 0 Å². The van der Waals surface area contributed by atoms with Gasteiger partial charge in [-0.15, -0.1) is 0 Å². The lowest BCUT2D eigenvalue weighted by molar-refractivity contribution is -0.123. The number of alkyl carbamates (subject to hydrolysis) is 1. The molecule has 0 bridgehead atoms. The van der Waals surface area contributed by atoms with E-state index in [2.05, 4.69) is 17.6 Å². The molecule has 8 heteroatoms. The summed E-state index contributed by atoms with van der Waals surface area (Å²) in [5.41, 5.74) is -0.640. The van der Waals surface area contributed by atoms with E-state index in [9.17, 15) is 14.4 Å². The summed E-state index contributed by atoms with van der Waals surface area (Å²) in [6, 6.07) is -0.718. The highest BCUT2D eigenvalue weighted by Crippen LogP contribution is 2.12. The van der Waals surface area contributed by atoms with Crippen molar-refractivity contribution >= 4 is 18.2 Å². The van der Waals surface area contributed by atoms with Gasteiger partial charge in [0, 0.05) is 0 Å². The summed E-state index contributed by atoms with van der Waals surface area (Å²) in [7, 11) is 0. The second kappa shape index (κ2) is 10.1. The fourth-order valence-corrected chi connectivity index (χ4v) is 2.29. The SMILES string of the molecule is CCCCCOC(=O)O[C@@H]1CC[C@H](NC(=O)OC(C)(C)C)C(=O)NC1. The van der Waals surface area contributed by atoms with Crippen molar-refractivity contribution in [2.45, 2.75) is 77.5 Å². The van der Waals surface area contributed by atoms with Crippen LogP contribution in [0, 0.1) is 0 Å². The van der Waals surface area contributed by atoms with E-state index in [0.29, 0.717) is 19.4 Å². The largest absolute Gasteiger partial charge is 0.508 e. The monoisotopic (exact) mass is 358 g/mol. The zero-order valence-corrected chi connectivity index (χ0v) is 15.6. The molecule has 0 saturated carbocycles. The molecule has 0 aromatic heterocycles. The molecule has 1 rings (SSSR count). The van der Waals surface area contributed by atoms with Gasteiger partial charge < -0.3 is 24.8 Å². The van der Waals surface area contributed by atoms with E-state index in [1.165, 1.54) is 0 Å². The Hall–Kier alpha value is -1.99. The van der Waals surface area contributed by atoms with Crippen molar-refractivity contribution < 1.29 is 28.6 Å². The first kappa shape index (κ1) is 21.1. The van der Waals surface area contributed by atoms with Crippen LogP contribution in [0.2, 0.25) is 0 Å². The maximum Gasteiger partial charge on any atom is 0.508 e. The first-order valence-corrected chi connectivity index (χ1v) is 8.82. The van der Waals surface area contributed by atoms with E-state index in [-0.39, 0.29) is 12.5 Å². The molecule has 2 N–H and O–H groups in total. The van der Waals surface area contributed by atoms with E-state index >= 15 is 0 Å². The maximum atomic E-state index is 12.0. The van der Waals surface area contributed by atoms with Crippen molar-refractivity contribution in [3.63, 3.8) is 0 Å². The van der Waals surface area contributed by atoms with Gasteiger partial charge in [-0.2, -0.15) is 0 Å². The molecule has 0 aliphatic carbocycles. The van der Waals surface area contributed by atoms with Crippen molar-refractivity contribution in [2.75, 3.05) is 13.2 Å². The van der Waals surface area contributed by atoms with Crippen LogP contribution in [-0.2, 0) is 19.0 Å². The van der Waals surface area contributed by atoms with Crippen LogP contribution in [-0.4, -0.2) is 49.1 Å². The minimum Gasteiger partial charge on any atom is -0.444 e. The fraction of sp³-hybridized carbons (Fsp3) is 0.824. The fourth-order valence-electron chi connectivity index (χ4n) is 2.29. The number of nitrogens with one attached hydrogen (secondary N) is 2. The van der Waals surface area contributed by atoms with Gasteiger partial charge in [-0.05, 0) is 40.0 Å². The standard InChI is InChI=1S/C17H30N2O6/c1-5-6-7-10-23-16(22)24-12-8-9-13(14(20)18-11-12)19-15(21)25-17(2,3)4/h12-13H,5-11H2,1-4H3,(H,18,20)(H,19,21)/t12-,13+/m1/s1. The zero-order chi connectivity index (χ0) is 18.9. The lowest BCUT2D eigenvalue weighted by Gasteiger charge is -2.22. The first-order chi connectivity index (χ1) is 11.7. The Kier molecular flexibility index (Phi) is 8.51. The summed E-state index contributed by atoms with van der Waals surface area (Å²) in [4.78, 5) is 35.5. The molecule has 144 valence electrons. The third-order valence-electron chi connectivity index (χ3n) is 3.52. The van der Waals surface area contributed by atoms with Crippen molar-refractivity contribution in [1.82, 2.24) is 10.6 Å². The van der Waals surface area contributed by atoms with Gasteiger partial charge in [-0.25, -0.2) is 9.59 Å². The molecule has 0 spiro atoms. The molecule has 0 aromatic carbocycles. The highest BCUT2D eigenvalue weighted by atomic mass is 16.7. The minimum absolute atomic E-state index is 0.190. The minimum atomic E-state index is -0.728. The number of unbranched alkanes of at least 4 members (excludes halogenated alkanes) is 2. The molecule has 1 heterocycles. The van der Waals surface area contributed by atoms with E-state index in [1.807, 2.05) is 0 Å². The molecule has 2 atom stereocenters. The third-order valence-corrected chi connectivity index (χ3v) is 3.52. The summed E-state index contributed by atoms with van der Waals surface area (Å²) in [5, 5.41) is 5.20. The molecular weight excluding hydrogens is 328 g/mol. The summed E-state index contributed by atoms with van der Waals surface area (Å²) < 4.78 is 15.4. The Bertz CT molecular complexity index is 461. The van der Waals surface area contributed by atoms with Crippen LogP contribution in [0.4, 0.5) is 9.59 Å². The molecule has 1 fully saturated rings. The molecule has 0 aromatic rings. The third kappa shape index (κ3) is 9.16. The molecule has 0 unspecified atom stereocenters. The molecule has 1 saturated heterocycles. The molecular formula is C17H30N2O6. The second-order valence-corrected chi connectivity index (χ2v) is 7.07. The zero-order valence-electron chi connectivity index (χ0n) is 15.6. The van der Waals surface area contributed by atoms with Crippen LogP contribution in [0.5, 0.6) is 0 Å². The highest BCUT2D eigenvalue weighted by molar-refractivity contribution is 5.85. The summed E-state index contributed by atoms with van der Waals surface area (Å²) in [6.07, 6.45) is 1.75. The number of carbonyl (C=O) groups is 3. The van der Waals surface area contributed by atoms with Crippen LogP contribution in [0.3, 0.4) is 0 Å². The normalized spacial score (nSPS) is 20.9. The van der Waals surface area contributed by atoms with Gasteiger partial charge in [0.1, 0.15) is 17.7 Å². The van der Waals surface area contributed by atoms with E-state index < -0.39 is 30.0 Å². The van der Waals surface area contributed by atoms with Gasteiger partial charge >= 0.3 is 12.2 Å². The van der Waals surface area contributed by atoms with Crippen molar-refractivity contribution in [3.05, 3.63) is 0 Å². The maximum absolute atomic E-state index is 12.0. The summed E-state index contributed by atoms with van der Waals surface area (Å²) in [6.45, 7) is 7.82. The van der Waals surface area contributed by atoms with Crippen LogP contribution >= 0.6 is 0 Å². The van der Waals surface area contributed by atoms with E-state index in [4.69, 9.17) is 14.2 Å². The Labute approximate surface area is 148 Å². The number of hydrogen-bond acceptors (Lipinski definition) is 6. The van der Waals surface area contributed by atoms with E-state index in [0.717, 1.165) is 19.3 Å². The van der Waals surface area contributed by atoms with Gasteiger partial charge in [0.25, 0.3) is 0 Å². The van der Waals surface area contributed by atoms with Gasteiger partial charge in [-0.3, -0.25) is 4.79 Å².